The van der Waals surface area contributed by atoms with E-state index in [1.165, 1.54) is 0 Å². The van der Waals surface area contributed by atoms with Gasteiger partial charge in [-0.1, -0.05) is 11.6 Å². The first-order valence-corrected chi connectivity index (χ1v) is 6.87. The van der Waals surface area contributed by atoms with Gasteiger partial charge in [0.25, 0.3) is 5.91 Å². The number of hydrogen-bond acceptors (Lipinski definition) is 3. The molecule has 2 aromatic rings. The lowest BCUT2D eigenvalue weighted by Gasteiger charge is -2.11. The number of carbonyl (C=O) groups is 1. The summed E-state index contributed by atoms with van der Waals surface area (Å²) in [5.41, 5.74) is 1.34. The molecule has 1 aromatic heterocycles. The van der Waals surface area contributed by atoms with Gasteiger partial charge in [0, 0.05) is 36.2 Å². The molecule has 20 heavy (non-hydrogen) atoms. The van der Waals surface area contributed by atoms with E-state index in [0.29, 0.717) is 23.7 Å². The molecule has 0 atom stereocenters. The highest BCUT2D eigenvalue weighted by Crippen LogP contribution is 2.20. The molecule has 106 valence electrons. The van der Waals surface area contributed by atoms with Gasteiger partial charge in [-0.2, -0.15) is 5.10 Å². The van der Waals surface area contributed by atoms with E-state index in [1.54, 1.807) is 23.0 Å². The molecule has 0 radical (unpaired) electrons. The van der Waals surface area contributed by atoms with Gasteiger partial charge in [0.2, 0.25) is 0 Å². The minimum Gasteiger partial charge on any atom is -0.385 e. The van der Waals surface area contributed by atoms with Crippen molar-refractivity contribution in [2.24, 2.45) is 0 Å². The van der Waals surface area contributed by atoms with Crippen LogP contribution in [0, 0.1) is 0 Å². The largest absolute Gasteiger partial charge is 0.385 e. The molecule has 5 nitrogen and oxygen atoms in total. The molecule has 0 fully saturated rings. The topological polar surface area (TPSA) is 59.0 Å². The molecule has 2 rings (SSSR count). The average Bonchev–Trinajstić information content (AvgIpc) is 2.94. The van der Waals surface area contributed by atoms with Crippen LogP contribution in [0.25, 0.3) is 0 Å². The molecule has 0 unspecified atom stereocenters. The second-order valence-corrected chi connectivity index (χ2v) is 4.68. The molecular formula is C14H17ClN4O. The maximum Gasteiger partial charge on any atom is 0.253 e. The van der Waals surface area contributed by atoms with Crippen molar-refractivity contribution >= 4 is 23.2 Å². The van der Waals surface area contributed by atoms with E-state index >= 15 is 0 Å². The van der Waals surface area contributed by atoms with Gasteiger partial charge in [0.1, 0.15) is 0 Å². The zero-order valence-electron chi connectivity index (χ0n) is 11.3. The molecule has 0 saturated heterocycles. The van der Waals surface area contributed by atoms with Crippen LogP contribution in [0.1, 0.15) is 17.3 Å². The van der Waals surface area contributed by atoms with E-state index in [-0.39, 0.29) is 5.91 Å². The number of benzene rings is 1. The second kappa shape index (κ2) is 6.96. The quantitative estimate of drug-likeness (QED) is 0.859. The lowest BCUT2D eigenvalue weighted by Crippen LogP contribution is -2.28. The Bertz CT molecular complexity index is 569. The van der Waals surface area contributed by atoms with Crippen LogP contribution >= 0.6 is 11.6 Å². The van der Waals surface area contributed by atoms with Crippen molar-refractivity contribution < 1.29 is 4.79 Å². The Morgan fingerprint density at radius 2 is 2.30 bits per heavy atom. The molecule has 0 bridgehead atoms. The molecule has 0 aliphatic heterocycles. The van der Waals surface area contributed by atoms with Crippen LogP contribution in [-0.2, 0) is 6.54 Å². The van der Waals surface area contributed by atoms with Crippen LogP contribution in [-0.4, -0.2) is 28.8 Å². The van der Waals surface area contributed by atoms with Crippen LogP contribution in [0.4, 0.5) is 5.69 Å². The van der Waals surface area contributed by atoms with Gasteiger partial charge in [-0.05, 0) is 31.2 Å². The van der Waals surface area contributed by atoms with Crippen LogP contribution < -0.4 is 10.6 Å². The fourth-order valence-electron chi connectivity index (χ4n) is 1.86. The minimum atomic E-state index is -0.143. The summed E-state index contributed by atoms with van der Waals surface area (Å²) in [6.07, 6.45) is 3.57. The molecule has 0 spiro atoms. The molecule has 1 amide bonds. The Morgan fingerprint density at radius 3 is 3.00 bits per heavy atom. The number of carbonyl (C=O) groups excluding carboxylic acids is 1. The number of rotatable bonds is 6. The zero-order valence-corrected chi connectivity index (χ0v) is 12.0. The second-order valence-electron chi connectivity index (χ2n) is 4.25. The maximum atomic E-state index is 12.2. The smallest absolute Gasteiger partial charge is 0.253 e. The summed E-state index contributed by atoms with van der Waals surface area (Å²) in [4.78, 5) is 12.2. The molecule has 1 aromatic carbocycles. The highest BCUT2D eigenvalue weighted by Gasteiger charge is 2.11. The minimum absolute atomic E-state index is 0.143. The third-order valence-corrected chi connectivity index (χ3v) is 3.01. The number of nitrogens with one attached hydrogen (secondary N) is 2. The number of hydrogen-bond donors (Lipinski definition) is 2. The first kappa shape index (κ1) is 14.4. The lowest BCUT2D eigenvalue weighted by molar-refractivity contribution is 0.0952. The number of halogens is 1. The Labute approximate surface area is 122 Å². The van der Waals surface area contributed by atoms with Crippen molar-refractivity contribution in [2.75, 3.05) is 18.4 Å². The van der Waals surface area contributed by atoms with Crippen molar-refractivity contribution in [3.63, 3.8) is 0 Å². The lowest BCUT2D eigenvalue weighted by atomic mass is 10.1. The predicted molar refractivity (Wildman–Crippen MR) is 80.2 cm³/mol. The van der Waals surface area contributed by atoms with Crippen LogP contribution in [0.5, 0.6) is 0 Å². The third-order valence-electron chi connectivity index (χ3n) is 2.78. The number of nitrogens with zero attached hydrogens (tertiary/aromatic N) is 2. The van der Waals surface area contributed by atoms with E-state index in [1.807, 2.05) is 25.3 Å². The SMILES string of the molecule is CCNc1ccc(Cl)cc1C(=O)NCCn1cccn1. The average molecular weight is 293 g/mol. The molecule has 6 heteroatoms. The number of anilines is 1. The maximum absolute atomic E-state index is 12.2. The highest BCUT2D eigenvalue weighted by molar-refractivity contribution is 6.31. The first-order chi connectivity index (χ1) is 9.70. The zero-order chi connectivity index (χ0) is 14.4. The normalized spacial score (nSPS) is 10.3. The van der Waals surface area contributed by atoms with Gasteiger partial charge in [0.15, 0.2) is 0 Å². The summed E-state index contributed by atoms with van der Waals surface area (Å²) >= 11 is 5.95. The fraction of sp³-hybridized carbons (Fsp3) is 0.286. The molecule has 0 aliphatic carbocycles. The van der Waals surface area contributed by atoms with Gasteiger partial charge in [-0.25, -0.2) is 0 Å². The van der Waals surface area contributed by atoms with Gasteiger partial charge in [0.05, 0.1) is 12.1 Å². The Kier molecular flexibility index (Phi) is 5.01. The molecular weight excluding hydrogens is 276 g/mol. The summed E-state index contributed by atoms with van der Waals surface area (Å²) in [6.45, 7) is 3.87. The monoisotopic (exact) mass is 292 g/mol. The van der Waals surface area contributed by atoms with Crippen molar-refractivity contribution in [2.45, 2.75) is 13.5 Å². The van der Waals surface area contributed by atoms with Crippen molar-refractivity contribution in [3.8, 4) is 0 Å². The highest BCUT2D eigenvalue weighted by atomic mass is 35.5. The predicted octanol–water partition coefficient (Wildman–Crippen LogP) is 2.40. The van der Waals surface area contributed by atoms with Crippen LogP contribution in [0.15, 0.2) is 36.7 Å². The van der Waals surface area contributed by atoms with Crippen molar-refractivity contribution in [3.05, 3.63) is 47.2 Å². The van der Waals surface area contributed by atoms with Gasteiger partial charge in [-0.15, -0.1) is 0 Å². The summed E-state index contributed by atoms with van der Waals surface area (Å²) in [5.74, 6) is -0.143. The van der Waals surface area contributed by atoms with Crippen molar-refractivity contribution in [1.29, 1.82) is 0 Å². The molecule has 0 aliphatic rings. The number of amides is 1. The van der Waals surface area contributed by atoms with Crippen LogP contribution in [0.3, 0.4) is 0 Å². The van der Waals surface area contributed by atoms with Gasteiger partial charge in [-0.3, -0.25) is 9.48 Å². The molecule has 1 heterocycles. The van der Waals surface area contributed by atoms with Gasteiger partial charge < -0.3 is 10.6 Å². The number of aromatic nitrogens is 2. The fourth-order valence-corrected chi connectivity index (χ4v) is 2.03. The Balaban J connectivity index is 1.99. The summed E-state index contributed by atoms with van der Waals surface area (Å²) in [5, 5.41) is 10.6. The third kappa shape index (κ3) is 3.74. The standard InChI is InChI=1S/C14H17ClN4O/c1-2-16-13-5-4-11(15)10-12(13)14(20)17-7-9-19-8-3-6-18-19/h3-6,8,10,16H,2,7,9H2,1H3,(H,17,20). The first-order valence-electron chi connectivity index (χ1n) is 6.49. The molecule has 2 N–H and O–H groups in total. The van der Waals surface area contributed by atoms with Gasteiger partial charge >= 0.3 is 0 Å². The van der Waals surface area contributed by atoms with E-state index in [4.69, 9.17) is 11.6 Å². The van der Waals surface area contributed by atoms with E-state index in [9.17, 15) is 4.79 Å². The Hall–Kier alpha value is -2.01. The van der Waals surface area contributed by atoms with E-state index in [0.717, 1.165) is 12.2 Å². The Morgan fingerprint density at radius 1 is 1.45 bits per heavy atom. The summed E-state index contributed by atoms with van der Waals surface area (Å²) in [7, 11) is 0. The molecule has 0 saturated carbocycles. The summed E-state index contributed by atoms with van der Waals surface area (Å²) < 4.78 is 1.77. The van der Waals surface area contributed by atoms with E-state index < -0.39 is 0 Å². The summed E-state index contributed by atoms with van der Waals surface area (Å²) in [6, 6.07) is 7.10. The van der Waals surface area contributed by atoms with Crippen molar-refractivity contribution in [1.82, 2.24) is 15.1 Å². The van der Waals surface area contributed by atoms with Crippen LogP contribution in [0.2, 0.25) is 5.02 Å². The van der Waals surface area contributed by atoms with E-state index in [2.05, 4.69) is 15.7 Å².